The monoisotopic (exact) mass is 240 g/mol. The Morgan fingerprint density at radius 3 is 2.75 bits per heavy atom. The summed E-state index contributed by atoms with van der Waals surface area (Å²) in [4.78, 5) is 11.0. The normalized spacial score (nSPS) is 11.7. The number of aromatic nitrogens is 1. The van der Waals surface area contributed by atoms with Gasteiger partial charge in [-0.1, -0.05) is 19.6 Å². The van der Waals surface area contributed by atoms with Crippen LogP contribution in [0.3, 0.4) is 0 Å². The predicted molar refractivity (Wildman–Crippen MR) is 67.1 cm³/mol. The lowest BCUT2D eigenvalue weighted by molar-refractivity contribution is 0.0809. The minimum absolute atomic E-state index is 0.399. The van der Waals surface area contributed by atoms with Crippen molar-refractivity contribution in [3.63, 3.8) is 0 Å². The van der Waals surface area contributed by atoms with E-state index in [1.165, 1.54) is 0 Å². The van der Waals surface area contributed by atoms with Crippen molar-refractivity contribution in [2.24, 2.45) is 5.73 Å². The summed E-state index contributed by atoms with van der Waals surface area (Å²) in [7, 11) is -1.04. The Morgan fingerprint density at radius 1 is 1.50 bits per heavy atom. The first-order chi connectivity index (χ1) is 7.40. The van der Waals surface area contributed by atoms with E-state index in [0.29, 0.717) is 12.4 Å². The zero-order chi connectivity index (χ0) is 12.2. The molecule has 0 unspecified atom stereocenters. The maximum absolute atomic E-state index is 11.0. The molecule has 0 spiro atoms. The van der Waals surface area contributed by atoms with E-state index < -0.39 is 14.0 Å². The second-order valence-electron chi connectivity index (χ2n) is 5.08. The van der Waals surface area contributed by atoms with Gasteiger partial charge >= 0.3 is 0 Å². The van der Waals surface area contributed by atoms with Gasteiger partial charge in [0.15, 0.2) is 0 Å². The number of ether oxygens (including phenoxy) is 1. The summed E-state index contributed by atoms with van der Waals surface area (Å²) in [5.41, 5.74) is 5.72. The molecule has 16 heavy (non-hydrogen) atoms. The fourth-order valence-electron chi connectivity index (χ4n) is 1.29. The number of hydrogen-bond acceptors (Lipinski definition) is 2. The third kappa shape index (κ3) is 4.20. The van der Waals surface area contributed by atoms with Gasteiger partial charge in [0.25, 0.3) is 5.91 Å². The second kappa shape index (κ2) is 5.31. The maximum Gasteiger partial charge on any atom is 0.265 e. The van der Waals surface area contributed by atoms with Gasteiger partial charge in [0.2, 0.25) is 0 Å². The maximum atomic E-state index is 11.0. The van der Waals surface area contributed by atoms with Gasteiger partial charge in [-0.15, -0.1) is 0 Å². The highest BCUT2D eigenvalue weighted by molar-refractivity contribution is 6.76. The third-order valence-corrected chi connectivity index (χ3v) is 4.01. The number of nitrogens with zero attached hydrogens (tertiary/aromatic N) is 1. The lowest BCUT2D eigenvalue weighted by Gasteiger charge is -2.16. The van der Waals surface area contributed by atoms with Crippen LogP contribution in [0.25, 0.3) is 0 Å². The minimum Gasteiger partial charge on any atom is -0.364 e. The lowest BCUT2D eigenvalue weighted by atomic mass is 10.4. The molecule has 0 aliphatic rings. The van der Waals surface area contributed by atoms with Crippen molar-refractivity contribution in [2.75, 3.05) is 6.61 Å². The van der Waals surface area contributed by atoms with Gasteiger partial charge in [0.1, 0.15) is 12.4 Å². The van der Waals surface area contributed by atoms with E-state index in [1.807, 2.05) is 0 Å². The predicted octanol–water partition coefficient (Wildman–Crippen LogP) is 1.90. The fourth-order valence-corrected chi connectivity index (χ4v) is 2.05. The van der Waals surface area contributed by atoms with Crippen molar-refractivity contribution >= 4 is 14.0 Å². The summed E-state index contributed by atoms with van der Waals surface area (Å²) in [5.74, 6) is -0.418. The summed E-state index contributed by atoms with van der Waals surface area (Å²) in [6, 6.07) is 4.62. The summed E-state index contributed by atoms with van der Waals surface area (Å²) in [5, 5.41) is 0. The molecule has 1 rings (SSSR count). The van der Waals surface area contributed by atoms with Gasteiger partial charge < -0.3 is 15.0 Å². The number of primary amides is 1. The molecule has 1 heterocycles. The Morgan fingerprint density at radius 2 is 2.19 bits per heavy atom. The van der Waals surface area contributed by atoms with Crippen LogP contribution in [0.4, 0.5) is 0 Å². The fraction of sp³-hybridized carbons (Fsp3) is 0.545. The molecule has 0 aliphatic heterocycles. The summed E-state index contributed by atoms with van der Waals surface area (Å²) in [6.45, 7) is 8.06. The summed E-state index contributed by atoms with van der Waals surface area (Å²) < 4.78 is 7.26. The molecule has 0 aliphatic carbocycles. The molecule has 0 radical (unpaired) electrons. The molecule has 1 aromatic heterocycles. The molecule has 0 saturated carbocycles. The number of amides is 1. The SMILES string of the molecule is C[Si](C)(C)CCOCn1cccc1C(N)=O. The van der Waals surface area contributed by atoms with Crippen LogP contribution in [0.2, 0.25) is 25.7 Å². The van der Waals surface area contributed by atoms with Crippen molar-refractivity contribution in [1.29, 1.82) is 0 Å². The van der Waals surface area contributed by atoms with Crippen LogP contribution in [0.5, 0.6) is 0 Å². The van der Waals surface area contributed by atoms with E-state index in [1.54, 1.807) is 22.9 Å². The second-order valence-corrected chi connectivity index (χ2v) is 10.7. The molecule has 4 nitrogen and oxygen atoms in total. The average Bonchev–Trinajstić information content (AvgIpc) is 2.58. The number of carbonyl (C=O) groups is 1. The van der Waals surface area contributed by atoms with E-state index >= 15 is 0 Å². The van der Waals surface area contributed by atoms with Gasteiger partial charge in [-0.3, -0.25) is 4.79 Å². The molecule has 1 aromatic rings. The molecule has 5 heteroatoms. The number of rotatable bonds is 6. The van der Waals surface area contributed by atoms with Crippen LogP contribution < -0.4 is 5.73 Å². The minimum atomic E-state index is -1.04. The van der Waals surface area contributed by atoms with Crippen molar-refractivity contribution in [2.45, 2.75) is 32.4 Å². The molecule has 0 saturated heterocycles. The van der Waals surface area contributed by atoms with Crippen molar-refractivity contribution in [1.82, 2.24) is 4.57 Å². The van der Waals surface area contributed by atoms with E-state index in [2.05, 4.69) is 19.6 Å². The highest BCUT2D eigenvalue weighted by Crippen LogP contribution is 2.08. The Hall–Kier alpha value is -1.07. The Labute approximate surface area is 97.4 Å². The molecule has 1 amide bonds. The molecule has 0 aromatic carbocycles. The van der Waals surface area contributed by atoms with Gasteiger partial charge in [0, 0.05) is 20.9 Å². The Balaban J connectivity index is 2.38. The van der Waals surface area contributed by atoms with Crippen LogP contribution in [0.15, 0.2) is 18.3 Å². The summed E-state index contributed by atoms with van der Waals surface area (Å²) in [6.07, 6.45) is 1.80. The number of hydrogen-bond donors (Lipinski definition) is 1. The van der Waals surface area contributed by atoms with Crippen molar-refractivity contribution in [3.05, 3.63) is 24.0 Å². The van der Waals surface area contributed by atoms with E-state index in [0.717, 1.165) is 12.7 Å². The Bertz CT molecular complexity index is 355. The highest BCUT2D eigenvalue weighted by atomic mass is 28.3. The van der Waals surface area contributed by atoms with E-state index in [9.17, 15) is 4.79 Å². The molecule has 0 bridgehead atoms. The van der Waals surface area contributed by atoms with Gasteiger partial charge in [-0.05, 0) is 18.2 Å². The van der Waals surface area contributed by atoms with Crippen molar-refractivity contribution < 1.29 is 9.53 Å². The largest absolute Gasteiger partial charge is 0.364 e. The summed E-state index contributed by atoms with van der Waals surface area (Å²) >= 11 is 0. The molecule has 0 atom stereocenters. The van der Waals surface area contributed by atoms with E-state index in [-0.39, 0.29) is 0 Å². The molecule has 90 valence electrons. The Kier molecular flexibility index (Phi) is 4.32. The molecular formula is C11H20N2O2Si. The molecule has 0 fully saturated rings. The quantitative estimate of drug-likeness (QED) is 0.610. The van der Waals surface area contributed by atoms with Crippen LogP contribution in [0.1, 0.15) is 10.5 Å². The van der Waals surface area contributed by atoms with Gasteiger partial charge in [-0.25, -0.2) is 0 Å². The smallest absolute Gasteiger partial charge is 0.265 e. The number of carbonyl (C=O) groups excluding carboxylic acids is 1. The average molecular weight is 240 g/mol. The first-order valence-electron chi connectivity index (χ1n) is 5.43. The van der Waals surface area contributed by atoms with Crippen molar-refractivity contribution in [3.8, 4) is 0 Å². The lowest BCUT2D eigenvalue weighted by Crippen LogP contribution is -2.22. The zero-order valence-corrected chi connectivity index (χ0v) is 11.2. The molecular weight excluding hydrogens is 220 g/mol. The highest BCUT2D eigenvalue weighted by Gasteiger charge is 2.12. The first kappa shape index (κ1) is 13.0. The van der Waals surface area contributed by atoms with Crippen LogP contribution >= 0.6 is 0 Å². The number of nitrogens with two attached hydrogens (primary N) is 1. The first-order valence-corrected chi connectivity index (χ1v) is 9.13. The third-order valence-electron chi connectivity index (χ3n) is 2.31. The standard InChI is InChI=1S/C11H20N2O2Si/c1-16(2,3)8-7-15-9-13-6-4-5-10(13)11(12)14/h4-6H,7-9H2,1-3H3,(H2,12,14). The van der Waals surface area contributed by atoms with E-state index in [4.69, 9.17) is 10.5 Å². The topological polar surface area (TPSA) is 57.2 Å². The van der Waals surface area contributed by atoms with Crippen LogP contribution in [-0.2, 0) is 11.5 Å². The molecule has 2 N–H and O–H groups in total. The van der Waals surface area contributed by atoms with Gasteiger partial charge in [-0.2, -0.15) is 0 Å². The van der Waals surface area contributed by atoms with Crippen LogP contribution in [-0.4, -0.2) is 25.2 Å². The van der Waals surface area contributed by atoms with Crippen LogP contribution in [0, 0.1) is 0 Å². The zero-order valence-electron chi connectivity index (χ0n) is 10.2. The van der Waals surface area contributed by atoms with Gasteiger partial charge in [0.05, 0.1) is 0 Å².